The summed E-state index contributed by atoms with van der Waals surface area (Å²) < 4.78 is 97.2. The molecule has 0 aliphatic heterocycles. The standard InChI is InChI=1S/C7H8F8/c1-2-3(8)6(12,13)4(9)7(14,15)5(10)11/h3-5H,2H2,1H3/t3?,4-/m0/s1. The largest absolute Gasteiger partial charge is 0.343 e. The normalized spacial score (nSPS) is 18.0. The summed E-state index contributed by atoms with van der Waals surface area (Å²) in [6, 6.07) is 0. The maximum atomic E-state index is 12.5. The van der Waals surface area contributed by atoms with Crippen molar-refractivity contribution in [3.63, 3.8) is 0 Å². The lowest BCUT2D eigenvalue weighted by atomic mass is 10.0. The highest BCUT2D eigenvalue weighted by Crippen LogP contribution is 2.41. The van der Waals surface area contributed by atoms with Crippen LogP contribution in [0, 0.1) is 0 Å². The molecule has 2 atom stereocenters. The highest BCUT2D eigenvalue weighted by atomic mass is 19.3. The Hall–Kier alpha value is -0.560. The number of hydrogen-bond donors (Lipinski definition) is 0. The molecule has 92 valence electrons. The van der Waals surface area contributed by atoms with Gasteiger partial charge in [0.2, 0.25) is 6.17 Å². The molecule has 1 unspecified atom stereocenters. The Morgan fingerprint density at radius 3 is 1.53 bits per heavy atom. The summed E-state index contributed by atoms with van der Waals surface area (Å²) in [6.07, 6.45) is -13.3. The summed E-state index contributed by atoms with van der Waals surface area (Å²) in [4.78, 5) is 0. The Kier molecular flexibility index (Phi) is 4.36. The van der Waals surface area contributed by atoms with Crippen LogP contribution in [0.2, 0.25) is 0 Å². The first kappa shape index (κ1) is 14.4. The zero-order valence-electron chi connectivity index (χ0n) is 7.46. The van der Waals surface area contributed by atoms with Gasteiger partial charge in [0.15, 0.2) is 6.17 Å². The van der Waals surface area contributed by atoms with Crippen molar-refractivity contribution >= 4 is 0 Å². The molecule has 0 saturated carbocycles. The average Bonchev–Trinajstić information content (AvgIpc) is 2.14. The van der Waals surface area contributed by atoms with Gasteiger partial charge in [0.05, 0.1) is 0 Å². The molecule has 8 heteroatoms. The molecule has 0 aromatic heterocycles. The Labute approximate surface area is 80.3 Å². The van der Waals surface area contributed by atoms with Gasteiger partial charge in [-0.1, -0.05) is 6.92 Å². The first-order chi connectivity index (χ1) is 6.58. The summed E-state index contributed by atoms with van der Waals surface area (Å²) in [5, 5.41) is 0. The second-order valence-electron chi connectivity index (χ2n) is 2.89. The molecule has 0 bridgehead atoms. The van der Waals surface area contributed by atoms with E-state index in [0.717, 1.165) is 6.92 Å². The molecule has 0 nitrogen and oxygen atoms in total. The quantitative estimate of drug-likeness (QED) is 0.648. The maximum Gasteiger partial charge on any atom is 0.343 e. The van der Waals surface area contributed by atoms with Crippen LogP contribution in [-0.2, 0) is 0 Å². The third kappa shape index (κ3) is 2.72. The molecule has 0 aliphatic rings. The van der Waals surface area contributed by atoms with Crippen molar-refractivity contribution in [1.82, 2.24) is 0 Å². The van der Waals surface area contributed by atoms with Gasteiger partial charge in [-0.3, -0.25) is 0 Å². The van der Waals surface area contributed by atoms with Gasteiger partial charge in [-0.2, -0.15) is 17.6 Å². The predicted octanol–water partition coefficient (Wildman–Crippen LogP) is 3.61. The van der Waals surface area contributed by atoms with E-state index in [9.17, 15) is 35.1 Å². The van der Waals surface area contributed by atoms with Crippen molar-refractivity contribution in [2.45, 2.75) is 44.0 Å². The molecule has 0 aromatic carbocycles. The SMILES string of the molecule is CCC(F)C(F)(F)[C@H](F)C(F)(F)C(F)F. The Balaban J connectivity index is 4.90. The number of halogens is 8. The van der Waals surface area contributed by atoms with E-state index in [1.807, 2.05) is 0 Å². The lowest BCUT2D eigenvalue weighted by Crippen LogP contribution is -2.52. The molecule has 0 rings (SSSR count). The van der Waals surface area contributed by atoms with Gasteiger partial charge in [0.25, 0.3) is 0 Å². The van der Waals surface area contributed by atoms with E-state index in [-0.39, 0.29) is 0 Å². The second-order valence-corrected chi connectivity index (χ2v) is 2.89. The van der Waals surface area contributed by atoms with Crippen LogP contribution in [0.3, 0.4) is 0 Å². The van der Waals surface area contributed by atoms with E-state index in [0.29, 0.717) is 0 Å². The van der Waals surface area contributed by atoms with Crippen molar-refractivity contribution < 1.29 is 35.1 Å². The lowest BCUT2D eigenvalue weighted by Gasteiger charge is -2.28. The number of hydrogen-bond acceptors (Lipinski definition) is 0. The first-order valence-corrected chi connectivity index (χ1v) is 3.90. The molecular weight excluding hydrogens is 236 g/mol. The molecule has 0 radical (unpaired) electrons. The van der Waals surface area contributed by atoms with E-state index in [2.05, 4.69) is 0 Å². The summed E-state index contributed by atoms with van der Waals surface area (Å²) in [7, 11) is 0. The summed E-state index contributed by atoms with van der Waals surface area (Å²) in [5.74, 6) is -10.7. The molecule has 0 fully saturated rings. The monoisotopic (exact) mass is 244 g/mol. The van der Waals surface area contributed by atoms with Gasteiger partial charge in [0.1, 0.15) is 0 Å². The molecule has 0 aliphatic carbocycles. The van der Waals surface area contributed by atoms with Crippen LogP contribution in [0.5, 0.6) is 0 Å². The van der Waals surface area contributed by atoms with Crippen LogP contribution in [0.25, 0.3) is 0 Å². The Morgan fingerprint density at radius 2 is 1.27 bits per heavy atom. The van der Waals surface area contributed by atoms with Crippen LogP contribution in [0.1, 0.15) is 13.3 Å². The average molecular weight is 244 g/mol. The minimum atomic E-state index is -5.57. The van der Waals surface area contributed by atoms with Crippen molar-refractivity contribution in [2.75, 3.05) is 0 Å². The van der Waals surface area contributed by atoms with E-state index in [1.165, 1.54) is 0 Å². The van der Waals surface area contributed by atoms with Gasteiger partial charge in [-0.25, -0.2) is 17.6 Å². The molecule has 15 heavy (non-hydrogen) atoms. The molecule has 0 saturated heterocycles. The molecule has 0 aromatic rings. The summed E-state index contributed by atoms with van der Waals surface area (Å²) in [5.41, 5.74) is 0. The minimum Gasteiger partial charge on any atom is -0.241 e. The zero-order valence-corrected chi connectivity index (χ0v) is 7.46. The van der Waals surface area contributed by atoms with Gasteiger partial charge in [0, 0.05) is 0 Å². The van der Waals surface area contributed by atoms with Crippen LogP contribution in [0.4, 0.5) is 35.1 Å². The third-order valence-corrected chi connectivity index (χ3v) is 1.74. The van der Waals surface area contributed by atoms with Crippen molar-refractivity contribution in [3.05, 3.63) is 0 Å². The van der Waals surface area contributed by atoms with Crippen molar-refractivity contribution in [2.24, 2.45) is 0 Å². The van der Waals surface area contributed by atoms with Crippen LogP contribution < -0.4 is 0 Å². The van der Waals surface area contributed by atoms with Gasteiger partial charge in [-0.15, -0.1) is 0 Å². The van der Waals surface area contributed by atoms with E-state index >= 15 is 0 Å². The van der Waals surface area contributed by atoms with E-state index in [1.54, 1.807) is 0 Å². The van der Waals surface area contributed by atoms with Crippen LogP contribution in [-0.4, -0.2) is 30.6 Å². The Morgan fingerprint density at radius 1 is 0.867 bits per heavy atom. The molecule has 0 N–H and O–H groups in total. The maximum absolute atomic E-state index is 12.5. The lowest BCUT2D eigenvalue weighted by molar-refractivity contribution is -0.246. The summed E-state index contributed by atoms with van der Waals surface area (Å²) >= 11 is 0. The zero-order chi connectivity index (χ0) is 12.4. The fourth-order valence-electron chi connectivity index (χ4n) is 0.798. The summed E-state index contributed by atoms with van der Waals surface area (Å²) in [6.45, 7) is 0.853. The third-order valence-electron chi connectivity index (χ3n) is 1.74. The molecule has 0 amide bonds. The fraction of sp³-hybridized carbons (Fsp3) is 1.00. The minimum absolute atomic E-state index is 0.853. The van der Waals surface area contributed by atoms with Crippen LogP contribution >= 0.6 is 0 Å². The predicted molar refractivity (Wildman–Crippen MR) is 36.0 cm³/mol. The highest BCUT2D eigenvalue weighted by Gasteiger charge is 2.63. The van der Waals surface area contributed by atoms with E-state index in [4.69, 9.17) is 0 Å². The van der Waals surface area contributed by atoms with Gasteiger partial charge >= 0.3 is 18.3 Å². The topological polar surface area (TPSA) is 0 Å². The number of alkyl halides is 8. The molecular formula is C7H8F8. The van der Waals surface area contributed by atoms with Crippen molar-refractivity contribution in [1.29, 1.82) is 0 Å². The molecule has 0 spiro atoms. The highest BCUT2D eigenvalue weighted by molar-refractivity contribution is 4.94. The van der Waals surface area contributed by atoms with Gasteiger partial charge in [-0.05, 0) is 6.42 Å². The second kappa shape index (κ2) is 4.52. The number of rotatable bonds is 5. The Bertz CT molecular complexity index is 201. The first-order valence-electron chi connectivity index (χ1n) is 3.90. The fourth-order valence-corrected chi connectivity index (χ4v) is 0.798. The van der Waals surface area contributed by atoms with Crippen LogP contribution in [0.15, 0.2) is 0 Å². The van der Waals surface area contributed by atoms with Gasteiger partial charge < -0.3 is 0 Å². The van der Waals surface area contributed by atoms with Crippen molar-refractivity contribution in [3.8, 4) is 0 Å². The smallest absolute Gasteiger partial charge is 0.241 e. The molecule has 0 heterocycles. The van der Waals surface area contributed by atoms with E-state index < -0.39 is 37.0 Å².